The highest BCUT2D eigenvalue weighted by atomic mass is 19.2. The Bertz CT molecular complexity index is 2430. The van der Waals surface area contributed by atoms with Crippen molar-refractivity contribution in [3.8, 4) is 44.5 Å². The zero-order chi connectivity index (χ0) is 42.2. The molecule has 0 fully saturated rings. The molecule has 0 heterocycles. The molecule has 0 N–H and O–H groups in total. The van der Waals surface area contributed by atoms with Gasteiger partial charge in [-0.2, -0.15) is 0 Å². The van der Waals surface area contributed by atoms with Crippen molar-refractivity contribution < 1.29 is 35.1 Å². The summed E-state index contributed by atoms with van der Waals surface area (Å²) >= 11 is 0. The third-order valence-electron chi connectivity index (χ3n) is 11.6. The minimum atomic E-state index is -1.52. The molecule has 4 atom stereocenters. The SMILES string of the molecule is FCCC(F)Cc1ccccc1-c1c(-c2ccccc2CC(F)CCF)c(-c2ccccc2CC(F)CCF)c2c(c1-c1ccccc1CC(F)CCF)=c1ccccc1=2. The maximum absolute atomic E-state index is 15.7. The molecule has 0 aromatic heterocycles. The summed E-state index contributed by atoms with van der Waals surface area (Å²) < 4.78 is 117. The fourth-order valence-electron chi connectivity index (χ4n) is 8.83. The van der Waals surface area contributed by atoms with Crippen LogP contribution in [-0.4, -0.2) is 51.4 Å². The molecule has 60 heavy (non-hydrogen) atoms. The number of benzene rings is 6. The second-order valence-corrected chi connectivity index (χ2v) is 15.5. The van der Waals surface area contributed by atoms with Crippen LogP contribution in [0.2, 0.25) is 0 Å². The van der Waals surface area contributed by atoms with E-state index in [1.807, 2.05) is 84.9 Å². The lowest BCUT2D eigenvalue weighted by molar-refractivity contribution is 0.282. The van der Waals surface area contributed by atoms with Crippen molar-refractivity contribution in [2.75, 3.05) is 26.7 Å². The zero-order valence-electron chi connectivity index (χ0n) is 33.4. The van der Waals surface area contributed by atoms with E-state index in [0.717, 1.165) is 20.9 Å². The number of hydrogen-bond donors (Lipinski definition) is 0. The van der Waals surface area contributed by atoms with Crippen LogP contribution in [-0.2, 0) is 25.7 Å². The molecular formula is C52H48F8. The van der Waals surface area contributed by atoms with E-state index >= 15 is 17.6 Å². The van der Waals surface area contributed by atoms with Gasteiger partial charge in [0.1, 0.15) is 24.7 Å². The van der Waals surface area contributed by atoms with Gasteiger partial charge in [-0.3, -0.25) is 17.6 Å². The summed E-state index contributed by atoms with van der Waals surface area (Å²) in [6, 6.07) is 37.1. The first kappa shape index (κ1) is 42.9. The Labute approximate surface area is 345 Å². The lowest BCUT2D eigenvalue weighted by Gasteiger charge is -2.29. The summed E-state index contributed by atoms with van der Waals surface area (Å²) in [7, 11) is 0. The van der Waals surface area contributed by atoms with Crippen molar-refractivity contribution >= 4 is 0 Å². The Kier molecular flexibility index (Phi) is 14.2. The molecule has 4 unspecified atom stereocenters. The maximum atomic E-state index is 15.7. The van der Waals surface area contributed by atoms with Crippen LogP contribution in [0.4, 0.5) is 35.1 Å². The van der Waals surface area contributed by atoms with Crippen molar-refractivity contribution in [3.05, 3.63) is 164 Å². The van der Waals surface area contributed by atoms with E-state index in [1.54, 1.807) is 36.4 Å². The summed E-state index contributed by atoms with van der Waals surface area (Å²) in [5.74, 6) is 0. The first-order chi connectivity index (χ1) is 29.3. The zero-order valence-corrected chi connectivity index (χ0v) is 33.4. The molecule has 6 aromatic rings. The van der Waals surface area contributed by atoms with Crippen molar-refractivity contribution in [2.45, 2.75) is 76.1 Å². The number of alkyl halides is 8. The monoisotopic (exact) mass is 824 g/mol. The number of fused-ring (bicyclic) bond motifs is 2. The van der Waals surface area contributed by atoms with E-state index in [9.17, 15) is 17.6 Å². The summed E-state index contributed by atoms with van der Waals surface area (Å²) in [5.41, 5.74) is 7.61. The second kappa shape index (κ2) is 19.9. The highest BCUT2D eigenvalue weighted by Gasteiger charge is 2.31. The van der Waals surface area contributed by atoms with Gasteiger partial charge < -0.3 is 0 Å². The highest BCUT2D eigenvalue weighted by Crippen LogP contribution is 2.52. The van der Waals surface area contributed by atoms with Crippen LogP contribution in [0, 0.1) is 20.9 Å². The fraction of sp³-hybridized carbons (Fsp3) is 0.308. The van der Waals surface area contributed by atoms with Crippen molar-refractivity contribution in [3.63, 3.8) is 0 Å². The van der Waals surface area contributed by atoms with Gasteiger partial charge in [-0.15, -0.1) is 0 Å². The van der Waals surface area contributed by atoms with Gasteiger partial charge in [0.05, 0.1) is 26.7 Å². The second-order valence-electron chi connectivity index (χ2n) is 15.5. The Balaban J connectivity index is 1.74. The minimum absolute atomic E-state index is 0.0869. The average Bonchev–Trinajstić information content (AvgIpc) is 3.23. The third kappa shape index (κ3) is 8.94. The van der Waals surface area contributed by atoms with Crippen LogP contribution in [0.15, 0.2) is 121 Å². The third-order valence-corrected chi connectivity index (χ3v) is 11.6. The number of hydrogen-bond acceptors (Lipinski definition) is 0. The smallest absolute Gasteiger partial charge is 0.107 e. The standard InChI is InChI=1S/C52H48F8/c53-25-21-37(57)29-33-11-1-5-15-41(33)47-48(42-16-6-2-12-34(42)30-38(58)22-26-54)50(44-18-8-4-14-36(44)32-40(60)24-28-56)52-46-20-10-9-19-45(46)51(52)49(47)43-17-7-3-13-35(43)31-39(59)23-27-55/h1-20,37-40H,21-32H2. The molecule has 6 aromatic carbocycles. The van der Waals surface area contributed by atoms with E-state index in [-0.39, 0.29) is 51.4 Å². The Morgan fingerprint density at radius 1 is 0.300 bits per heavy atom. The molecule has 8 heteroatoms. The van der Waals surface area contributed by atoms with E-state index in [0.29, 0.717) is 66.8 Å². The van der Waals surface area contributed by atoms with E-state index in [1.165, 1.54) is 0 Å². The van der Waals surface area contributed by atoms with Crippen molar-refractivity contribution in [1.82, 2.24) is 0 Å². The predicted octanol–water partition coefficient (Wildman–Crippen LogP) is 14.2. The van der Waals surface area contributed by atoms with Gasteiger partial charge in [-0.05, 0) is 87.6 Å². The Morgan fingerprint density at radius 2 is 0.533 bits per heavy atom. The van der Waals surface area contributed by atoms with Gasteiger partial charge in [0.25, 0.3) is 0 Å². The van der Waals surface area contributed by atoms with Crippen LogP contribution in [0.25, 0.3) is 44.5 Å². The number of halogens is 8. The van der Waals surface area contributed by atoms with E-state index in [2.05, 4.69) is 0 Å². The van der Waals surface area contributed by atoms with Crippen molar-refractivity contribution in [2.24, 2.45) is 0 Å². The molecule has 7 rings (SSSR count). The summed E-state index contributed by atoms with van der Waals surface area (Å²) in [4.78, 5) is 0. The largest absolute Gasteiger partial charge is 0.251 e. The normalized spacial score (nSPS) is 13.9. The maximum Gasteiger partial charge on any atom is 0.107 e. The molecule has 0 spiro atoms. The molecule has 0 radical (unpaired) electrons. The fourth-order valence-corrected chi connectivity index (χ4v) is 8.83. The predicted molar refractivity (Wildman–Crippen MR) is 227 cm³/mol. The number of rotatable bonds is 20. The van der Waals surface area contributed by atoms with Gasteiger partial charge in [0.15, 0.2) is 0 Å². The van der Waals surface area contributed by atoms with E-state index in [4.69, 9.17) is 0 Å². The molecule has 1 aliphatic rings. The first-order valence-corrected chi connectivity index (χ1v) is 20.8. The molecule has 0 aliphatic heterocycles. The molecule has 1 aliphatic carbocycles. The lowest BCUT2D eigenvalue weighted by atomic mass is 9.74. The topological polar surface area (TPSA) is 0 Å². The van der Waals surface area contributed by atoms with Gasteiger partial charge in [0.2, 0.25) is 0 Å². The molecule has 0 nitrogen and oxygen atoms in total. The van der Waals surface area contributed by atoms with Gasteiger partial charge >= 0.3 is 0 Å². The van der Waals surface area contributed by atoms with Crippen molar-refractivity contribution in [1.29, 1.82) is 0 Å². The van der Waals surface area contributed by atoms with Gasteiger partial charge in [-0.25, -0.2) is 17.6 Å². The molecule has 0 bridgehead atoms. The molecule has 0 amide bonds. The quantitative estimate of drug-likeness (QED) is 0.0672. The van der Waals surface area contributed by atoms with Gasteiger partial charge in [-0.1, -0.05) is 121 Å². The average molecular weight is 825 g/mol. The van der Waals surface area contributed by atoms with E-state index < -0.39 is 51.4 Å². The van der Waals surface area contributed by atoms with Crippen LogP contribution >= 0.6 is 0 Å². The summed E-state index contributed by atoms with van der Waals surface area (Å²) in [5, 5.41) is 3.42. The lowest BCUT2D eigenvalue weighted by Crippen LogP contribution is -2.12. The molecule has 0 saturated carbocycles. The minimum Gasteiger partial charge on any atom is -0.251 e. The van der Waals surface area contributed by atoms with Crippen LogP contribution in [0.5, 0.6) is 0 Å². The summed E-state index contributed by atoms with van der Waals surface area (Å²) in [6.45, 7) is -3.35. The highest BCUT2D eigenvalue weighted by molar-refractivity contribution is 6.04. The molecule has 0 saturated heterocycles. The Morgan fingerprint density at radius 3 is 0.800 bits per heavy atom. The molecule has 312 valence electrons. The summed E-state index contributed by atoms with van der Waals surface area (Å²) in [6.07, 6.45) is -7.62. The molecular weight excluding hydrogens is 777 g/mol. The van der Waals surface area contributed by atoms with Crippen LogP contribution in [0.1, 0.15) is 47.9 Å². The van der Waals surface area contributed by atoms with Crippen LogP contribution in [0.3, 0.4) is 0 Å². The first-order valence-electron chi connectivity index (χ1n) is 20.8. The van der Waals surface area contributed by atoms with Gasteiger partial charge in [0, 0.05) is 51.4 Å². The van der Waals surface area contributed by atoms with Crippen LogP contribution < -0.4 is 0 Å². The Hall–Kier alpha value is -5.24.